The van der Waals surface area contributed by atoms with Crippen molar-refractivity contribution in [3.05, 3.63) is 0 Å². The lowest BCUT2D eigenvalue weighted by atomic mass is 10.2. The van der Waals surface area contributed by atoms with Crippen LogP contribution in [0.25, 0.3) is 0 Å². The van der Waals surface area contributed by atoms with Crippen LogP contribution < -0.4 is 16.2 Å². The molecule has 1 amide bonds. The zero-order valence-corrected chi connectivity index (χ0v) is 8.45. The summed E-state index contributed by atoms with van der Waals surface area (Å²) in [5.74, 6) is -1.57. The number of amides is 1. The largest absolute Gasteiger partial charge is 0.481 e. The Bertz CT molecular complexity index is 232. The van der Waals surface area contributed by atoms with Crippen molar-refractivity contribution in [1.82, 2.24) is 16.2 Å². The van der Waals surface area contributed by atoms with Gasteiger partial charge in [-0.25, -0.2) is 5.43 Å². The highest BCUT2D eigenvalue weighted by atomic mass is 16.4. The molecular weight excluding hydrogens is 202 g/mol. The summed E-state index contributed by atoms with van der Waals surface area (Å²) >= 11 is 0. The first-order chi connectivity index (χ1) is 7.10. The van der Waals surface area contributed by atoms with Crippen LogP contribution >= 0.6 is 0 Å². The molecule has 7 nitrogen and oxygen atoms in total. The predicted octanol–water partition coefficient (Wildman–Crippen LogP) is -1.74. The first kappa shape index (κ1) is 13.5. The van der Waals surface area contributed by atoms with Gasteiger partial charge in [-0.2, -0.15) is 0 Å². The van der Waals surface area contributed by atoms with E-state index in [2.05, 4.69) is 16.2 Å². The van der Waals surface area contributed by atoms with Gasteiger partial charge in [-0.1, -0.05) is 6.92 Å². The second-order valence-corrected chi connectivity index (χ2v) is 2.79. The van der Waals surface area contributed by atoms with E-state index in [1.54, 1.807) is 0 Å². The van der Waals surface area contributed by atoms with Gasteiger partial charge in [0, 0.05) is 6.54 Å². The van der Waals surface area contributed by atoms with Crippen LogP contribution in [0.1, 0.15) is 13.3 Å². The molecule has 0 bridgehead atoms. The van der Waals surface area contributed by atoms with Gasteiger partial charge < -0.3 is 15.2 Å². The van der Waals surface area contributed by atoms with E-state index in [1.165, 1.54) is 0 Å². The molecule has 0 fully saturated rings. The highest BCUT2D eigenvalue weighted by molar-refractivity contribution is 5.83. The highest BCUT2D eigenvalue weighted by Gasteiger charge is 2.14. The van der Waals surface area contributed by atoms with Gasteiger partial charge in [-0.15, -0.1) is 0 Å². The van der Waals surface area contributed by atoms with Crippen molar-refractivity contribution in [2.75, 3.05) is 13.1 Å². The Balaban J connectivity index is 3.80. The lowest BCUT2D eigenvalue weighted by Crippen LogP contribution is -2.45. The van der Waals surface area contributed by atoms with Gasteiger partial charge in [-0.05, 0) is 0 Å². The number of carbonyl (C=O) groups is 3. The normalized spacial score (nSPS) is 11.8. The number of carboxylic acid groups (broad SMARTS) is 1. The SMILES string of the molecule is CCNNCC(=O)N[C@H](C=O)CC(=O)O. The quantitative estimate of drug-likeness (QED) is 0.218. The molecular formula is C8H15N3O4. The number of hydrogen-bond donors (Lipinski definition) is 4. The van der Waals surface area contributed by atoms with Crippen LogP contribution in [0.2, 0.25) is 0 Å². The minimum atomic E-state index is -1.13. The fourth-order valence-electron chi connectivity index (χ4n) is 0.847. The van der Waals surface area contributed by atoms with E-state index < -0.39 is 24.3 Å². The summed E-state index contributed by atoms with van der Waals surface area (Å²) in [6.07, 6.45) is -0.00425. The van der Waals surface area contributed by atoms with Crippen molar-refractivity contribution in [3.8, 4) is 0 Å². The molecule has 86 valence electrons. The van der Waals surface area contributed by atoms with Crippen LogP contribution in [-0.4, -0.2) is 42.4 Å². The van der Waals surface area contributed by atoms with Crippen LogP contribution in [0.5, 0.6) is 0 Å². The third-order valence-corrected chi connectivity index (χ3v) is 1.46. The van der Waals surface area contributed by atoms with Crippen molar-refractivity contribution in [3.63, 3.8) is 0 Å². The maximum atomic E-state index is 11.1. The van der Waals surface area contributed by atoms with E-state index in [4.69, 9.17) is 5.11 Å². The molecule has 0 aliphatic rings. The predicted molar refractivity (Wildman–Crippen MR) is 51.9 cm³/mol. The van der Waals surface area contributed by atoms with Crippen molar-refractivity contribution in [2.24, 2.45) is 0 Å². The Morgan fingerprint density at radius 3 is 2.53 bits per heavy atom. The summed E-state index contributed by atoms with van der Waals surface area (Å²) in [6.45, 7) is 2.49. The van der Waals surface area contributed by atoms with Crippen LogP contribution in [0.3, 0.4) is 0 Å². The molecule has 0 aromatic rings. The summed E-state index contributed by atoms with van der Waals surface area (Å²) in [4.78, 5) is 31.8. The number of hydrogen-bond acceptors (Lipinski definition) is 5. The number of aliphatic carboxylic acids is 1. The smallest absolute Gasteiger partial charge is 0.305 e. The Kier molecular flexibility index (Phi) is 7.12. The van der Waals surface area contributed by atoms with Crippen molar-refractivity contribution in [1.29, 1.82) is 0 Å². The van der Waals surface area contributed by atoms with Crippen LogP contribution in [0.4, 0.5) is 0 Å². The van der Waals surface area contributed by atoms with Crippen molar-refractivity contribution in [2.45, 2.75) is 19.4 Å². The monoisotopic (exact) mass is 217 g/mol. The first-order valence-electron chi connectivity index (χ1n) is 4.52. The molecule has 0 aliphatic heterocycles. The molecule has 0 radical (unpaired) electrons. The van der Waals surface area contributed by atoms with Crippen LogP contribution in [0.15, 0.2) is 0 Å². The molecule has 7 heteroatoms. The first-order valence-corrected chi connectivity index (χ1v) is 4.52. The molecule has 0 aromatic carbocycles. The zero-order valence-electron chi connectivity index (χ0n) is 8.45. The summed E-state index contributed by atoms with van der Waals surface area (Å²) in [5, 5.41) is 10.7. The van der Waals surface area contributed by atoms with Gasteiger partial charge in [0.25, 0.3) is 0 Å². The van der Waals surface area contributed by atoms with E-state index in [0.29, 0.717) is 12.8 Å². The van der Waals surface area contributed by atoms with Crippen molar-refractivity contribution >= 4 is 18.2 Å². The highest BCUT2D eigenvalue weighted by Crippen LogP contribution is 1.87. The molecule has 0 saturated carbocycles. The van der Waals surface area contributed by atoms with Gasteiger partial charge >= 0.3 is 5.97 Å². The standard InChI is InChI=1S/C8H15N3O4/c1-2-9-10-4-7(13)11-6(5-12)3-8(14)15/h5-6,9-10H,2-4H2,1H3,(H,11,13)(H,14,15)/t6-/m0/s1. The topological polar surface area (TPSA) is 108 Å². The lowest BCUT2D eigenvalue weighted by Gasteiger charge is -2.10. The van der Waals surface area contributed by atoms with Gasteiger partial charge in [0.05, 0.1) is 19.0 Å². The van der Waals surface area contributed by atoms with Gasteiger partial charge in [0.15, 0.2) is 0 Å². The lowest BCUT2D eigenvalue weighted by molar-refractivity contribution is -0.138. The number of carbonyl (C=O) groups excluding carboxylic acids is 2. The minimum absolute atomic E-state index is 0.0161. The van der Waals surface area contributed by atoms with E-state index in [1.807, 2.05) is 6.92 Å². The summed E-state index contributed by atoms with van der Waals surface area (Å²) in [6, 6.07) is -0.974. The molecule has 0 heterocycles. The molecule has 0 spiro atoms. The summed E-state index contributed by atoms with van der Waals surface area (Å²) < 4.78 is 0. The summed E-state index contributed by atoms with van der Waals surface area (Å²) in [5.41, 5.74) is 5.29. The van der Waals surface area contributed by atoms with Gasteiger partial charge in [-0.3, -0.25) is 15.0 Å². The molecule has 0 unspecified atom stereocenters. The molecule has 0 aliphatic carbocycles. The summed E-state index contributed by atoms with van der Waals surface area (Å²) in [7, 11) is 0. The molecule has 15 heavy (non-hydrogen) atoms. The van der Waals surface area contributed by atoms with Crippen LogP contribution in [0, 0.1) is 0 Å². The van der Waals surface area contributed by atoms with E-state index in [9.17, 15) is 14.4 Å². The number of hydrazine groups is 1. The third-order valence-electron chi connectivity index (χ3n) is 1.46. The van der Waals surface area contributed by atoms with Gasteiger partial charge in [0.1, 0.15) is 6.29 Å². The molecule has 4 N–H and O–H groups in total. The molecule has 1 atom stereocenters. The Morgan fingerprint density at radius 1 is 1.40 bits per heavy atom. The fourth-order valence-corrected chi connectivity index (χ4v) is 0.847. The fraction of sp³-hybridized carbons (Fsp3) is 0.625. The number of nitrogens with one attached hydrogen (secondary N) is 3. The maximum Gasteiger partial charge on any atom is 0.305 e. The van der Waals surface area contributed by atoms with E-state index in [-0.39, 0.29) is 6.54 Å². The van der Waals surface area contributed by atoms with E-state index >= 15 is 0 Å². The van der Waals surface area contributed by atoms with Gasteiger partial charge in [0.2, 0.25) is 5.91 Å². The minimum Gasteiger partial charge on any atom is -0.481 e. The third kappa shape index (κ3) is 7.59. The second-order valence-electron chi connectivity index (χ2n) is 2.79. The average molecular weight is 217 g/mol. The average Bonchev–Trinajstić information content (AvgIpc) is 2.16. The molecule has 0 aromatic heterocycles. The molecule has 0 saturated heterocycles. The Morgan fingerprint density at radius 2 is 2.07 bits per heavy atom. The second kappa shape index (κ2) is 7.89. The maximum absolute atomic E-state index is 11.1. The Hall–Kier alpha value is -1.47. The Labute approximate surface area is 87.2 Å². The van der Waals surface area contributed by atoms with Crippen LogP contribution in [-0.2, 0) is 14.4 Å². The van der Waals surface area contributed by atoms with Crippen molar-refractivity contribution < 1.29 is 19.5 Å². The number of aldehydes is 1. The number of carboxylic acids is 1. The molecule has 0 rings (SSSR count). The zero-order chi connectivity index (χ0) is 11.7. The number of rotatable bonds is 8. The van der Waals surface area contributed by atoms with E-state index in [0.717, 1.165) is 0 Å².